The molecule has 0 spiro atoms. The first kappa shape index (κ1) is 20.2. The third-order valence-electron chi connectivity index (χ3n) is 4.46. The molecule has 6 heteroatoms. The number of hydrogen-bond acceptors (Lipinski definition) is 4. The molecule has 1 N–H and O–H groups in total. The second-order valence-electron chi connectivity index (χ2n) is 6.64. The molecule has 1 fully saturated rings. The average molecular weight is 405 g/mol. The second-order valence-corrected chi connectivity index (χ2v) is 8.49. The third-order valence-corrected chi connectivity index (χ3v) is 5.83. The van der Waals surface area contributed by atoms with Crippen LogP contribution in [-0.4, -0.2) is 42.4 Å². The van der Waals surface area contributed by atoms with E-state index in [-0.39, 0.29) is 11.2 Å². The van der Waals surface area contributed by atoms with Crippen molar-refractivity contribution >= 4 is 29.3 Å². The number of ether oxygens (including phenoxy) is 1. The van der Waals surface area contributed by atoms with Crippen molar-refractivity contribution in [2.24, 2.45) is 0 Å². The average Bonchev–Trinajstić information content (AvgIpc) is 2.69. The summed E-state index contributed by atoms with van der Waals surface area (Å²) in [6.07, 6.45) is 0. The lowest BCUT2D eigenvalue weighted by Crippen LogP contribution is -2.35. The Morgan fingerprint density at radius 3 is 2.63 bits per heavy atom. The fourth-order valence-electron chi connectivity index (χ4n) is 2.96. The van der Waals surface area contributed by atoms with Crippen molar-refractivity contribution < 1.29 is 9.53 Å². The van der Waals surface area contributed by atoms with Crippen LogP contribution in [-0.2, 0) is 22.6 Å². The number of carbonyl (C=O) groups excluding carboxylic acids is 1. The van der Waals surface area contributed by atoms with E-state index in [1.807, 2.05) is 31.2 Å². The number of nitrogens with one attached hydrogen (secondary N) is 1. The minimum Gasteiger partial charge on any atom is -0.379 e. The largest absolute Gasteiger partial charge is 0.379 e. The highest BCUT2D eigenvalue weighted by Crippen LogP contribution is 2.24. The van der Waals surface area contributed by atoms with Crippen LogP contribution in [0.4, 0.5) is 0 Å². The fraction of sp³-hybridized carbons (Fsp3) is 0.381. The molecule has 2 aromatic rings. The van der Waals surface area contributed by atoms with Crippen LogP contribution in [0.5, 0.6) is 0 Å². The summed E-state index contributed by atoms with van der Waals surface area (Å²) < 4.78 is 5.40. The summed E-state index contributed by atoms with van der Waals surface area (Å²) in [5.74, 6) is 0.0357. The van der Waals surface area contributed by atoms with E-state index >= 15 is 0 Å². The van der Waals surface area contributed by atoms with Gasteiger partial charge in [0.25, 0.3) is 0 Å². The minimum absolute atomic E-state index is 0.0357. The molecule has 0 aromatic heterocycles. The molecular formula is C21H25ClN2O2S. The lowest BCUT2D eigenvalue weighted by Gasteiger charge is -2.26. The first-order valence-corrected chi connectivity index (χ1v) is 10.4. The molecule has 4 nitrogen and oxygen atoms in total. The van der Waals surface area contributed by atoms with Crippen molar-refractivity contribution in [1.82, 2.24) is 10.2 Å². The molecule has 1 aliphatic rings. The van der Waals surface area contributed by atoms with Gasteiger partial charge in [0, 0.05) is 36.1 Å². The SMILES string of the molecule is C[C@H](Sc1ccc(Cl)cc1)C(=O)NCc1cccc(CN2CCOCC2)c1. The standard InChI is InChI=1S/C21H25ClN2O2S/c1-16(27-20-7-5-19(22)6-8-20)21(25)23-14-17-3-2-4-18(13-17)15-24-9-11-26-12-10-24/h2-8,13,16H,9-12,14-15H2,1H3,(H,23,25)/t16-/m0/s1. The molecule has 0 radical (unpaired) electrons. The Balaban J connectivity index is 1.49. The number of rotatable bonds is 7. The van der Waals surface area contributed by atoms with Gasteiger partial charge in [-0.25, -0.2) is 0 Å². The predicted molar refractivity (Wildman–Crippen MR) is 111 cm³/mol. The van der Waals surface area contributed by atoms with Crippen LogP contribution >= 0.6 is 23.4 Å². The lowest BCUT2D eigenvalue weighted by atomic mass is 10.1. The number of nitrogens with zero attached hydrogens (tertiary/aromatic N) is 1. The topological polar surface area (TPSA) is 41.6 Å². The summed E-state index contributed by atoms with van der Waals surface area (Å²) in [6.45, 7) is 6.94. The summed E-state index contributed by atoms with van der Waals surface area (Å²) in [5.41, 5.74) is 2.39. The third kappa shape index (κ3) is 6.54. The highest BCUT2D eigenvalue weighted by Gasteiger charge is 2.14. The van der Waals surface area contributed by atoms with Crippen LogP contribution in [0.2, 0.25) is 5.02 Å². The maximum absolute atomic E-state index is 12.4. The van der Waals surface area contributed by atoms with Gasteiger partial charge in [-0.1, -0.05) is 35.9 Å². The second kappa shape index (κ2) is 10.1. The van der Waals surface area contributed by atoms with Crippen molar-refractivity contribution in [1.29, 1.82) is 0 Å². The van der Waals surface area contributed by atoms with Crippen molar-refractivity contribution in [3.63, 3.8) is 0 Å². The Labute approximate surface area is 170 Å². The van der Waals surface area contributed by atoms with E-state index in [2.05, 4.69) is 34.5 Å². The van der Waals surface area contributed by atoms with E-state index in [9.17, 15) is 4.79 Å². The number of morpholine rings is 1. The molecule has 144 valence electrons. The molecule has 0 bridgehead atoms. The molecule has 1 atom stereocenters. The predicted octanol–water partition coefficient (Wildman–Crippen LogP) is 3.97. The van der Waals surface area contributed by atoms with Crippen LogP contribution < -0.4 is 5.32 Å². The minimum atomic E-state index is -0.164. The number of benzene rings is 2. The van der Waals surface area contributed by atoms with E-state index in [1.165, 1.54) is 17.3 Å². The Bertz CT molecular complexity index is 748. The summed E-state index contributed by atoms with van der Waals surface area (Å²) >= 11 is 7.44. The van der Waals surface area contributed by atoms with E-state index < -0.39 is 0 Å². The fourth-order valence-corrected chi connectivity index (χ4v) is 3.98. The van der Waals surface area contributed by atoms with Gasteiger partial charge in [-0.3, -0.25) is 9.69 Å². The van der Waals surface area contributed by atoms with Crippen molar-refractivity contribution in [2.45, 2.75) is 30.2 Å². The highest BCUT2D eigenvalue weighted by atomic mass is 35.5. The van der Waals surface area contributed by atoms with Gasteiger partial charge in [-0.15, -0.1) is 11.8 Å². The number of carbonyl (C=O) groups is 1. The van der Waals surface area contributed by atoms with E-state index in [0.717, 1.165) is 43.3 Å². The zero-order chi connectivity index (χ0) is 19.1. The first-order chi connectivity index (χ1) is 13.1. The van der Waals surface area contributed by atoms with Gasteiger partial charge in [-0.2, -0.15) is 0 Å². The maximum Gasteiger partial charge on any atom is 0.233 e. The Hall–Kier alpha value is -1.53. The van der Waals surface area contributed by atoms with E-state index in [0.29, 0.717) is 11.6 Å². The zero-order valence-corrected chi connectivity index (χ0v) is 17.1. The Morgan fingerprint density at radius 2 is 1.89 bits per heavy atom. The first-order valence-electron chi connectivity index (χ1n) is 9.18. The van der Waals surface area contributed by atoms with Gasteiger partial charge in [0.1, 0.15) is 0 Å². The Morgan fingerprint density at radius 1 is 1.19 bits per heavy atom. The van der Waals surface area contributed by atoms with Crippen LogP contribution in [0.25, 0.3) is 0 Å². The number of hydrogen-bond donors (Lipinski definition) is 1. The number of amides is 1. The van der Waals surface area contributed by atoms with Gasteiger partial charge >= 0.3 is 0 Å². The van der Waals surface area contributed by atoms with Crippen molar-refractivity contribution in [3.8, 4) is 0 Å². The monoisotopic (exact) mass is 404 g/mol. The lowest BCUT2D eigenvalue weighted by molar-refractivity contribution is -0.120. The summed E-state index contributed by atoms with van der Waals surface area (Å²) in [7, 11) is 0. The summed E-state index contributed by atoms with van der Waals surface area (Å²) in [4.78, 5) is 15.8. The highest BCUT2D eigenvalue weighted by molar-refractivity contribution is 8.00. The van der Waals surface area contributed by atoms with Gasteiger partial charge in [0.2, 0.25) is 5.91 Å². The molecule has 1 saturated heterocycles. The number of thioether (sulfide) groups is 1. The molecule has 0 unspecified atom stereocenters. The van der Waals surface area contributed by atoms with Crippen LogP contribution in [0.3, 0.4) is 0 Å². The van der Waals surface area contributed by atoms with Crippen molar-refractivity contribution in [2.75, 3.05) is 26.3 Å². The molecule has 1 heterocycles. The quantitative estimate of drug-likeness (QED) is 0.709. The van der Waals surface area contributed by atoms with Crippen LogP contribution in [0.1, 0.15) is 18.1 Å². The molecule has 0 aliphatic carbocycles. The zero-order valence-electron chi connectivity index (χ0n) is 15.5. The molecule has 1 amide bonds. The molecular weight excluding hydrogens is 380 g/mol. The van der Waals surface area contributed by atoms with Gasteiger partial charge in [-0.05, 0) is 42.3 Å². The summed E-state index contributed by atoms with van der Waals surface area (Å²) in [6, 6.07) is 16.0. The molecule has 27 heavy (non-hydrogen) atoms. The van der Waals surface area contributed by atoms with E-state index in [1.54, 1.807) is 0 Å². The molecule has 1 aliphatic heterocycles. The van der Waals surface area contributed by atoms with Gasteiger partial charge in [0.05, 0.1) is 18.5 Å². The van der Waals surface area contributed by atoms with E-state index in [4.69, 9.17) is 16.3 Å². The molecule has 2 aromatic carbocycles. The van der Waals surface area contributed by atoms with Crippen LogP contribution in [0, 0.1) is 0 Å². The Kier molecular flexibility index (Phi) is 7.59. The maximum atomic E-state index is 12.4. The number of halogens is 1. The normalized spacial score (nSPS) is 16.1. The molecule has 3 rings (SSSR count). The summed E-state index contributed by atoms with van der Waals surface area (Å²) in [5, 5.41) is 3.58. The van der Waals surface area contributed by atoms with Crippen LogP contribution in [0.15, 0.2) is 53.4 Å². The van der Waals surface area contributed by atoms with Gasteiger partial charge < -0.3 is 10.1 Å². The smallest absolute Gasteiger partial charge is 0.233 e. The van der Waals surface area contributed by atoms with Crippen molar-refractivity contribution in [3.05, 3.63) is 64.7 Å². The van der Waals surface area contributed by atoms with Gasteiger partial charge in [0.15, 0.2) is 0 Å². The molecule has 0 saturated carbocycles.